The van der Waals surface area contributed by atoms with Crippen LogP contribution < -0.4 is 10.9 Å². The van der Waals surface area contributed by atoms with Crippen molar-refractivity contribution in [2.24, 2.45) is 0 Å². The van der Waals surface area contributed by atoms with E-state index in [2.05, 4.69) is 20.3 Å². The van der Waals surface area contributed by atoms with Crippen molar-refractivity contribution in [2.75, 3.05) is 5.32 Å². The number of anilines is 1. The highest BCUT2D eigenvalue weighted by molar-refractivity contribution is 7.98. The van der Waals surface area contributed by atoms with E-state index < -0.39 is 10.8 Å². The third-order valence-electron chi connectivity index (χ3n) is 5.78. The van der Waals surface area contributed by atoms with Gasteiger partial charge in [-0.3, -0.25) is 24.7 Å². The quantitative estimate of drug-likeness (QED) is 0.253. The molecule has 10 heteroatoms. The number of ketones is 1. The van der Waals surface area contributed by atoms with Crippen LogP contribution in [0.2, 0.25) is 0 Å². The van der Waals surface area contributed by atoms with Gasteiger partial charge in [-0.1, -0.05) is 30.0 Å². The number of aromatic amines is 1. The fourth-order valence-electron chi connectivity index (χ4n) is 4.25. The Morgan fingerprint density at radius 3 is 2.70 bits per heavy atom. The highest BCUT2D eigenvalue weighted by Gasteiger charge is 2.37. The Morgan fingerprint density at radius 1 is 1.15 bits per heavy atom. The number of carbonyl (C=O) groups excluding carboxylic acids is 1. The highest BCUT2D eigenvalue weighted by Crippen LogP contribution is 2.43. The maximum Gasteiger partial charge on any atom is 0.269 e. The summed E-state index contributed by atoms with van der Waals surface area (Å²) in [5, 5.41) is 14.5. The molecule has 33 heavy (non-hydrogen) atoms. The monoisotopic (exact) mass is 461 g/mol. The summed E-state index contributed by atoms with van der Waals surface area (Å²) in [6.07, 6.45) is 5.27. The molecule has 2 aromatic heterocycles. The second-order valence-corrected chi connectivity index (χ2v) is 8.82. The molecule has 0 amide bonds. The summed E-state index contributed by atoms with van der Waals surface area (Å²) in [7, 11) is 0. The van der Waals surface area contributed by atoms with Gasteiger partial charge in [0, 0.05) is 53.9 Å². The van der Waals surface area contributed by atoms with Crippen molar-refractivity contribution in [1.82, 2.24) is 15.0 Å². The lowest BCUT2D eigenvalue weighted by Gasteiger charge is -2.32. The second-order valence-electron chi connectivity index (χ2n) is 7.86. The molecule has 2 aliphatic rings. The van der Waals surface area contributed by atoms with E-state index in [1.165, 1.54) is 23.9 Å². The predicted octanol–water partition coefficient (Wildman–Crippen LogP) is 3.93. The first-order valence-electron chi connectivity index (χ1n) is 10.4. The number of benzene rings is 1. The molecule has 0 bridgehead atoms. The van der Waals surface area contributed by atoms with E-state index in [0.717, 1.165) is 29.7 Å². The van der Waals surface area contributed by atoms with Gasteiger partial charge < -0.3 is 10.3 Å². The summed E-state index contributed by atoms with van der Waals surface area (Å²) >= 11 is 1.33. The molecule has 0 fully saturated rings. The number of hydrogen-bond acceptors (Lipinski definition) is 8. The van der Waals surface area contributed by atoms with Gasteiger partial charge >= 0.3 is 0 Å². The number of pyridine rings is 1. The summed E-state index contributed by atoms with van der Waals surface area (Å²) in [5.41, 5.74) is 3.23. The molecule has 1 aliphatic heterocycles. The molecular weight excluding hydrogens is 442 g/mol. The first-order valence-corrected chi connectivity index (χ1v) is 11.4. The number of allylic oxidation sites excluding steroid dienone is 2. The predicted molar refractivity (Wildman–Crippen MR) is 123 cm³/mol. The van der Waals surface area contributed by atoms with E-state index in [1.807, 2.05) is 6.07 Å². The van der Waals surface area contributed by atoms with Crippen LogP contribution in [-0.2, 0) is 10.5 Å². The zero-order valence-electron chi connectivity index (χ0n) is 17.4. The van der Waals surface area contributed by atoms with Crippen LogP contribution in [0.4, 0.5) is 11.5 Å². The molecule has 0 saturated carbocycles. The summed E-state index contributed by atoms with van der Waals surface area (Å²) in [5.74, 6) is 0.465. The molecule has 2 N–H and O–H groups in total. The van der Waals surface area contributed by atoms with Gasteiger partial charge in [-0.2, -0.15) is 0 Å². The van der Waals surface area contributed by atoms with E-state index in [-0.39, 0.29) is 17.0 Å². The van der Waals surface area contributed by atoms with E-state index in [0.29, 0.717) is 34.3 Å². The lowest BCUT2D eigenvalue weighted by Crippen LogP contribution is -2.32. The number of nitrogens with zero attached hydrogens (tertiary/aromatic N) is 3. The SMILES string of the molecule is O=C1CCCC2=C1[C@@H](c1cccnc1)c1c(nc(SCc3ccc([N+](=O)[O-])cc3)[nH]c1=O)N2. The van der Waals surface area contributed by atoms with Crippen LogP contribution >= 0.6 is 11.8 Å². The maximum atomic E-state index is 13.2. The Hall–Kier alpha value is -3.79. The number of Topliss-reactive ketones (excluding diaryl/α,β-unsaturated/α-hetero) is 1. The number of fused-ring (bicyclic) bond motifs is 1. The second kappa shape index (κ2) is 8.62. The molecule has 1 aliphatic carbocycles. The van der Waals surface area contributed by atoms with Crippen LogP contribution in [-0.4, -0.2) is 25.7 Å². The average Bonchev–Trinajstić information content (AvgIpc) is 2.82. The first kappa shape index (κ1) is 21.1. The van der Waals surface area contributed by atoms with Crippen LogP contribution in [0.25, 0.3) is 0 Å². The number of non-ortho nitro benzene ring substituents is 1. The first-order chi connectivity index (χ1) is 16.0. The van der Waals surface area contributed by atoms with Gasteiger partial charge in [0.15, 0.2) is 10.9 Å². The molecular formula is C23H19N5O4S. The third kappa shape index (κ3) is 4.05. The van der Waals surface area contributed by atoms with Gasteiger partial charge in [-0.05, 0) is 30.0 Å². The van der Waals surface area contributed by atoms with Gasteiger partial charge in [0.2, 0.25) is 0 Å². The van der Waals surface area contributed by atoms with Crippen molar-refractivity contribution in [3.8, 4) is 0 Å². The van der Waals surface area contributed by atoms with E-state index in [1.54, 1.807) is 30.6 Å². The molecule has 5 rings (SSSR count). The number of nitrogens with one attached hydrogen (secondary N) is 2. The standard InChI is InChI=1S/C23H19N5O4S/c29-17-5-1-4-16-19(17)18(14-3-2-10-24-11-14)20-21(25-16)26-23(27-22(20)30)33-12-13-6-8-15(9-7-13)28(31)32/h2-3,6-11,18H,1,4-5,12H2,(H2,25,26,27,30)/t18-/m1/s1. The molecule has 1 aromatic carbocycles. The van der Waals surface area contributed by atoms with Gasteiger partial charge in [0.25, 0.3) is 11.2 Å². The van der Waals surface area contributed by atoms with Crippen LogP contribution in [0.5, 0.6) is 0 Å². The lowest BCUT2D eigenvalue weighted by atomic mass is 9.77. The fourth-order valence-corrected chi connectivity index (χ4v) is 5.07. The smallest absolute Gasteiger partial charge is 0.269 e. The Bertz CT molecular complexity index is 1340. The molecule has 9 nitrogen and oxygen atoms in total. The number of carbonyl (C=O) groups is 1. The number of hydrogen-bond donors (Lipinski definition) is 2. The molecule has 166 valence electrons. The third-order valence-corrected chi connectivity index (χ3v) is 6.72. The van der Waals surface area contributed by atoms with Crippen LogP contribution in [0.1, 0.15) is 41.9 Å². The number of rotatable bonds is 5. The molecule has 0 spiro atoms. The average molecular weight is 462 g/mol. The molecule has 0 saturated heterocycles. The molecule has 3 heterocycles. The van der Waals surface area contributed by atoms with E-state index >= 15 is 0 Å². The molecule has 0 unspecified atom stereocenters. The summed E-state index contributed by atoms with van der Waals surface area (Å²) in [6, 6.07) is 9.93. The topological polar surface area (TPSA) is 131 Å². The van der Waals surface area contributed by atoms with Gasteiger partial charge in [0.1, 0.15) is 5.82 Å². The Balaban J connectivity index is 1.49. The van der Waals surface area contributed by atoms with Crippen molar-refractivity contribution in [3.05, 3.63) is 97.2 Å². The summed E-state index contributed by atoms with van der Waals surface area (Å²) < 4.78 is 0. The maximum absolute atomic E-state index is 13.2. The lowest BCUT2D eigenvalue weighted by molar-refractivity contribution is -0.384. The van der Waals surface area contributed by atoms with Gasteiger partial charge in [0.05, 0.1) is 10.5 Å². The van der Waals surface area contributed by atoms with Crippen molar-refractivity contribution < 1.29 is 9.72 Å². The van der Waals surface area contributed by atoms with Crippen molar-refractivity contribution in [1.29, 1.82) is 0 Å². The number of nitro benzene ring substituents is 1. The summed E-state index contributed by atoms with van der Waals surface area (Å²) in [6.45, 7) is 0. The minimum Gasteiger partial charge on any atom is -0.343 e. The van der Waals surface area contributed by atoms with Crippen molar-refractivity contribution in [2.45, 2.75) is 36.1 Å². The zero-order valence-corrected chi connectivity index (χ0v) is 18.2. The van der Waals surface area contributed by atoms with Crippen molar-refractivity contribution >= 4 is 29.1 Å². The molecule has 0 radical (unpaired) electrons. The van der Waals surface area contributed by atoms with Gasteiger partial charge in [-0.15, -0.1) is 0 Å². The largest absolute Gasteiger partial charge is 0.343 e. The fraction of sp³-hybridized carbons (Fsp3) is 0.217. The normalized spacial score (nSPS) is 17.2. The zero-order chi connectivity index (χ0) is 22.9. The van der Waals surface area contributed by atoms with Crippen molar-refractivity contribution in [3.63, 3.8) is 0 Å². The van der Waals surface area contributed by atoms with Crippen LogP contribution in [0.3, 0.4) is 0 Å². The summed E-state index contributed by atoms with van der Waals surface area (Å²) in [4.78, 5) is 48.1. The highest BCUT2D eigenvalue weighted by atomic mass is 32.2. The van der Waals surface area contributed by atoms with Crippen LogP contribution in [0, 0.1) is 10.1 Å². The number of thioether (sulfide) groups is 1. The van der Waals surface area contributed by atoms with Crippen LogP contribution in [0.15, 0.2) is 70.0 Å². The Labute approximate surface area is 192 Å². The van der Waals surface area contributed by atoms with Gasteiger partial charge in [-0.25, -0.2) is 4.98 Å². The number of nitro groups is 1. The van der Waals surface area contributed by atoms with E-state index in [9.17, 15) is 19.7 Å². The number of aromatic nitrogens is 3. The molecule has 3 aromatic rings. The minimum absolute atomic E-state index is 0.0285. The number of H-pyrrole nitrogens is 1. The Morgan fingerprint density at radius 2 is 1.97 bits per heavy atom. The minimum atomic E-state index is -0.511. The van der Waals surface area contributed by atoms with E-state index in [4.69, 9.17) is 0 Å². The molecule has 1 atom stereocenters. The Kier molecular flexibility index (Phi) is 5.51.